The van der Waals surface area contributed by atoms with Gasteiger partial charge in [0.25, 0.3) is 5.91 Å². The van der Waals surface area contributed by atoms with Crippen LogP contribution in [0.4, 0.5) is 0 Å². The summed E-state index contributed by atoms with van der Waals surface area (Å²) in [6.07, 6.45) is -5.70. The molecule has 1 amide bonds. The van der Waals surface area contributed by atoms with Crippen LogP contribution in [0.25, 0.3) is 0 Å². The number of nitrogens with one attached hydrogen (secondary N) is 1. The summed E-state index contributed by atoms with van der Waals surface area (Å²) in [7, 11) is 4.58. The Labute approximate surface area is 202 Å². The lowest BCUT2D eigenvalue weighted by Gasteiger charge is -2.47. The second kappa shape index (κ2) is 12.2. The maximum Gasteiger partial charge on any atom is 0.251 e. The number of amides is 1. The first kappa shape index (κ1) is 29.1. The summed E-state index contributed by atoms with van der Waals surface area (Å²) in [5.74, 6) is -1.93. The van der Waals surface area contributed by atoms with Crippen LogP contribution in [0.3, 0.4) is 0 Å². The van der Waals surface area contributed by atoms with Gasteiger partial charge in [-0.2, -0.15) is 0 Å². The average molecular weight is 490 g/mol. The Morgan fingerprint density at radius 1 is 1.21 bits per heavy atom. The molecule has 4 N–H and O–H groups in total. The molecule has 2 saturated heterocycles. The zero-order valence-corrected chi connectivity index (χ0v) is 21.4. The van der Waals surface area contributed by atoms with E-state index in [1.807, 2.05) is 20.8 Å². The second-order valence-electron chi connectivity index (χ2n) is 10.1. The van der Waals surface area contributed by atoms with Gasteiger partial charge in [0.15, 0.2) is 12.5 Å². The van der Waals surface area contributed by atoms with Crippen LogP contribution in [0.15, 0.2) is 12.2 Å². The van der Waals surface area contributed by atoms with Gasteiger partial charge in [0.05, 0.1) is 36.9 Å². The lowest BCUT2D eigenvalue weighted by Crippen LogP contribution is -2.60. The first-order chi connectivity index (χ1) is 15.9. The molecule has 0 spiro atoms. The van der Waals surface area contributed by atoms with Crippen molar-refractivity contribution in [3.8, 4) is 0 Å². The summed E-state index contributed by atoms with van der Waals surface area (Å²) in [6, 6.07) is 0. The SMILES string of the molecule is C=C1C(C)C(C)OC(O)C1C(O)C(=O)NC(OC)C1OC(CC(COC)OC)C(C)(C)CC1O. The van der Waals surface area contributed by atoms with Crippen molar-refractivity contribution in [1.82, 2.24) is 5.32 Å². The van der Waals surface area contributed by atoms with E-state index in [1.54, 1.807) is 21.1 Å². The Kier molecular flexibility index (Phi) is 10.5. The molecule has 2 aliphatic heterocycles. The van der Waals surface area contributed by atoms with Crippen LogP contribution in [0.2, 0.25) is 0 Å². The number of methoxy groups -OCH3 is 3. The van der Waals surface area contributed by atoms with Crippen LogP contribution in [-0.2, 0) is 28.5 Å². The molecule has 0 aromatic carbocycles. The lowest BCUT2D eigenvalue weighted by atomic mass is 9.75. The van der Waals surface area contributed by atoms with E-state index in [4.69, 9.17) is 23.7 Å². The minimum Gasteiger partial charge on any atom is -0.390 e. The molecule has 2 rings (SSSR count). The fourth-order valence-corrected chi connectivity index (χ4v) is 4.79. The molecule has 10 heteroatoms. The second-order valence-corrected chi connectivity index (χ2v) is 10.1. The number of ether oxygens (including phenoxy) is 5. The molecule has 34 heavy (non-hydrogen) atoms. The van der Waals surface area contributed by atoms with Gasteiger partial charge in [-0.1, -0.05) is 32.9 Å². The van der Waals surface area contributed by atoms with Crippen molar-refractivity contribution >= 4 is 5.91 Å². The van der Waals surface area contributed by atoms with Crippen LogP contribution in [0.1, 0.15) is 40.5 Å². The van der Waals surface area contributed by atoms with E-state index >= 15 is 0 Å². The smallest absolute Gasteiger partial charge is 0.251 e. The number of aliphatic hydroxyl groups excluding tert-OH is 3. The molecule has 0 aromatic rings. The van der Waals surface area contributed by atoms with Gasteiger partial charge in [0.1, 0.15) is 12.2 Å². The predicted octanol–water partition coefficient (Wildman–Crippen LogP) is 0.578. The van der Waals surface area contributed by atoms with E-state index in [0.29, 0.717) is 25.0 Å². The first-order valence-corrected chi connectivity index (χ1v) is 11.8. The molecule has 0 aromatic heterocycles. The van der Waals surface area contributed by atoms with E-state index in [-0.39, 0.29) is 29.6 Å². The summed E-state index contributed by atoms with van der Waals surface area (Å²) in [5, 5.41) is 34.5. The molecule has 0 radical (unpaired) electrons. The van der Waals surface area contributed by atoms with Crippen molar-refractivity contribution in [3.63, 3.8) is 0 Å². The third kappa shape index (κ3) is 6.55. The molecule has 10 atom stereocenters. The average Bonchev–Trinajstić information content (AvgIpc) is 2.76. The van der Waals surface area contributed by atoms with E-state index < -0.39 is 42.7 Å². The number of hydrogen-bond acceptors (Lipinski definition) is 9. The van der Waals surface area contributed by atoms with Gasteiger partial charge in [0, 0.05) is 33.7 Å². The van der Waals surface area contributed by atoms with E-state index in [0.717, 1.165) is 0 Å². The number of rotatable bonds is 10. The Morgan fingerprint density at radius 3 is 2.41 bits per heavy atom. The molecular formula is C24H43NO9. The lowest BCUT2D eigenvalue weighted by molar-refractivity contribution is -0.223. The fraction of sp³-hybridized carbons (Fsp3) is 0.875. The van der Waals surface area contributed by atoms with Crippen LogP contribution in [0, 0.1) is 17.3 Å². The molecule has 198 valence electrons. The molecule has 0 saturated carbocycles. The topological polar surface area (TPSA) is 136 Å². The minimum absolute atomic E-state index is 0.151. The molecule has 0 bridgehead atoms. The van der Waals surface area contributed by atoms with E-state index in [9.17, 15) is 20.1 Å². The molecule has 2 aliphatic rings. The van der Waals surface area contributed by atoms with Gasteiger partial charge in [0.2, 0.25) is 0 Å². The highest BCUT2D eigenvalue weighted by atomic mass is 16.6. The van der Waals surface area contributed by atoms with Crippen molar-refractivity contribution in [2.24, 2.45) is 17.3 Å². The molecule has 2 heterocycles. The monoisotopic (exact) mass is 489 g/mol. The van der Waals surface area contributed by atoms with Crippen molar-refractivity contribution in [2.45, 2.75) is 89.7 Å². The summed E-state index contributed by atoms with van der Waals surface area (Å²) < 4.78 is 27.9. The molecule has 10 nitrogen and oxygen atoms in total. The van der Waals surface area contributed by atoms with E-state index in [1.165, 1.54) is 7.11 Å². The predicted molar refractivity (Wildman–Crippen MR) is 124 cm³/mol. The van der Waals surface area contributed by atoms with E-state index in [2.05, 4.69) is 11.9 Å². The summed E-state index contributed by atoms with van der Waals surface area (Å²) in [4.78, 5) is 12.9. The third-order valence-electron chi connectivity index (χ3n) is 7.29. The quantitative estimate of drug-likeness (QED) is 0.257. The van der Waals surface area contributed by atoms with Crippen LogP contribution < -0.4 is 5.32 Å². The van der Waals surface area contributed by atoms with Crippen molar-refractivity contribution < 1.29 is 43.8 Å². The van der Waals surface area contributed by atoms with Gasteiger partial charge < -0.3 is 44.3 Å². The number of hydrogen-bond donors (Lipinski definition) is 4. The van der Waals surface area contributed by atoms with Gasteiger partial charge in [-0.3, -0.25) is 4.79 Å². The van der Waals surface area contributed by atoms with Crippen LogP contribution >= 0.6 is 0 Å². The Bertz CT molecular complexity index is 687. The normalized spacial score (nSPS) is 36.5. The van der Waals surface area contributed by atoms with Gasteiger partial charge in [-0.05, 0) is 18.8 Å². The van der Waals surface area contributed by atoms with Crippen LogP contribution in [0.5, 0.6) is 0 Å². The van der Waals surface area contributed by atoms with Crippen molar-refractivity contribution in [3.05, 3.63) is 12.2 Å². The largest absolute Gasteiger partial charge is 0.390 e. The summed E-state index contributed by atoms with van der Waals surface area (Å²) >= 11 is 0. The maximum absolute atomic E-state index is 12.9. The Balaban J connectivity index is 2.13. The standard InChI is InChI=1S/C24H43NO9/c1-12-13(2)18(23(29)33-14(12)3)19(27)21(28)25-22(32-8)20-16(26)10-24(4,5)17(34-20)9-15(31-7)11-30-6/h12,14-20,22-23,26-27,29H,2,9-11H2,1,3-8H3,(H,25,28). The zero-order chi connectivity index (χ0) is 25.8. The summed E-state index contributed by atoms with van der Waals surface area (Å²) in [5.41, 5.74) is 0.165. The number of carbonyl (C=O) groups is 1. The van der Waals surface area contributed by atoms with Gasteiger partial charge in [-0.25, -0.2) is 0 Å². The molecule has 0 aliphatic carbocycles. The van der Waals surface area contributed by atoms with Crippen LogP contribution in [-0.4, -0.2) is 98.3 Å². The molecular weight excluding hydrogens is 446 g/mol. The number of carbonyl (C=O) groups excluding carboxylic acids is 1. The molecule has 2 fully saturated rings. The summed E-state index contributed by atoms with van der Waals surface area (Å²) in [6.45, 7) is 12.0. The van der Waals surface area contributed by atoms with Crippen molar-refractivity contribution in [1.29, 1.82) is 0 Å². The maximum atomic E-state index is 12.9. The fourth-order valence-electron chi connectivity index (χ4n) is 4.79. The van der Waals surface area contributed by atoms with Gasteiger partial charge in [-0.15, -0.1) is 0 Å². The van der Waals surface area contributed by atoms with Crippen molar-refractivity contribution in [2.75, 3.05) is 27.9 Å². The highest BCUT2D eigenvalue weighted by Gasteiger charge is 2.48. The Morgan fingerprint density at radius 2 is 1.85 bits per heavy atom. The highest BCUT2D eigenvalue weighted by molar-refractivity contribution is 5.81. The zero-order valence-electron chi connectivity index (χ0n) is 21.4. The number of aliphatic hydroxyl groups is 3. The minimum atomic E-state index is -1.62. The molecule has 10 unspecified atom stereocenters. The van der Waals surface area contributed by atoms with Gasteiger partial charge >= 0.3 is 0 Å². The first-order valence-electron chi connectivity index (χ1n) is 11.8. The third-order valence-corrected chi connectivity index (χ3v) is 7.29. The highest BCUT2D eigenvalue weighted by Crippen LogP contribution is 2.40. The Hall–Kier alpha value is -1.11.